The van der Waals surface area contributed by atoms with Crippen molar-refractivity contribution in [3.8, 4) is 11.3 Å². The standard InChI is InChI=1S/C22H14N4O8S/c27-21(15-8-12-17(13-9-15)26(30)31)23-22-20(35(32,33)18-4-2-1-3-5-18)19(24-34-22)14-6-10-16(11-7-14)25(28)29/h1-13H,(H,23,27). The Kier molecular flexibility index (Phi) is 6.08. The highest BCUT2D eigenvalue weighted by atomic mass is 32.2. The Morgan fingerprint density at radius 1 is 0.829 bits per heavy atom. The zero-order valence-corrected chi connectivity index (χ0v) is 18.3. The number of anilines is 1. The minimum atomic E-state index is -4.27. The van der Waals surface area contributed by atoms with E-state index >= 15 is 0 Å². The van der Waals surface area contributed by atoms with Gasteiger partial charge in [0.25, 0.3) is 23.2 Å². The zero-order valence-electron chi connectivity index (χ0n) is 17.5. The summed E-state index contributed by atoms with van der Waals surface area (Å²) in [6.45, 7) is 0. The van der Waals surface area contributed by atoms with Crippen molar-refractivity contribution in [3.63, 3.8) is 0 Å². The summed E-state index contributed by atoms with van der Waals surface area (Å²) in [7, 11) is -4.27. The van der Waals surface area contributed by atoms with Crippen LogP contribution in [0.25, 0.3) is 11.3 Å². The van der Waals surface area contributed by atoms with Crippen molar-refractivity contribution < 1.29 is 27.6 Å². The molecule has 1 heterocycles. The third kappa shape index (κ3) is 4.60. The molecule has 0 unspecified atom stereocenters. The minimum Gasteiger partial charge on any atom is -0.336 e. The Balaban J connectivity index is 1.79. The van der Waals surface area contributed by atoms with Crippen LogP contribution in [0.1, 0.15) is 10.4 Å². The van der Waals surface area contributed by atoms with Crippen LogP contribution in [0.3, 0.4) is 0 Å². The summed E-state index contributed by atoms with van der Waals surface area (Å²) in [5.74, 6) is -1.28. The van der Waals surface area contributed by atoms with Crippen LogP contribution in [0, 0.1) is 20.2 Å². The van der Waals surface area contributed by atoms with Gasteiger partial charge in [-0.1, -0.05) is 23.4 Å². The fourth-order valence-corrected chi connectivity index (χ4v) is 4.66. The van der Waals surface area contributed by atoms with Crippen molar-refractivity contribution in [1.82, 2.24) is 5.16 Å². The average Bonchev–Trinajstić information content (AvgIpc) is 3.29. The lowest BCUT2D eigenvalue weighted by Crippen LogP contribution is -2.14. The predicted octanol–water partition coefficient (Wildman–Crippen LogP) is 4.24. The summed E-state index contributed by atoms with van der Waals surface area (Å²) >= 11 is 0. The van der Waals surface area contributed by atoms with Crippen LogP contribution in [0.2, 0.25) is 0 Å². The molecule has 0 aliphatic carbocycles. The molecule has 0 saturated carbocycles. The first-order valence-electron chi connectivity index (χ1n) is 9.79. The number of hydrogen-bond acceptors (Lipinski definition) is 9. The smallest absolute Gasteiger partial charge is 0.269 e. The van der Waals surface area contributed by atoms with Gasteiger partial charge in [-0.05, 0) is 36.4 Å². The molecule has 0 radical (unpaired) electrons. The largest absolute Gasteiger partial charge is 0.336 e. The number of carbonyl (C=O) groups is 1. The molecule has 0 spiro atoms. The Hall–Kier alpha value is -4.91. The number of nitrogens with zero attached hydrogens (tertiary/aromatic N) is 3. The minimum absolute atomic E-state index is 0.00643. The topological polar surface area (TPSA) is 176 Å². The summed E-state index contributed by atoms with van der Waals surface area (Å²) in [5, 5.41) is 28.0. The summed E-state index contributed by atoms with van der Waals surface area (Å²) in [6.07, 6.45) is 0. The van der Waals surface area contributed by atoms with Gasteiger partial charge in [0.05, 0.1) is 14.7 Å². The second-order valence-electron chi connectivity index (χ2n) is 7.07. The molecule has 0 aliphatic rings. The quantitative estimate of drug-likeness (QED) is 0.291. The molecule has 35 heavy (non-hydrogen) atoms. The number of non-ortho nitro benzene ring substituents is 2. The molecule has 4 aromatic rings. The van der Waals surface area contributed by atoms with Gasteiger partial charge in [0, 0.05) is 35.4 Å². The van der Waals surface area contributed by atoms with Crippen LogP contribution in [0.15, 0.2) is 93.2 Å². The lowest BCUT2D eigenvalue weighted by molar-refractivity contribution is -0.385. The lowest BCUT2D eigenvalue weighted by atomic mass is 10.1. The molecular formula is C22H14N4O8S. The van der Waals surface area contributed by atoms with E-state index in [0.29, 0.717) is 0 Å². The molecule has 1 N–H and O–H groups in total. The summed E-state index contributed by atoms with van der Waals surface area (Å²) < 4.78 is 32.2. The van der Waals surface area contributed by atoms with Gasteiger partial charge in [-0.2, -0.15) is 0 Å². The highest BCUT2D eigenvalue weighted by Gasteiger charge is 2.32. The lowest BCUT2D eigenvalue weighted by Gasteiger charge is -2.08. The van der Waals surface area contributed by atoms with Crippen molar-refractivity contribution in [2.45, 2.75) is 9.79 Å². The number of nitrogens with one attached hydrogen (secondary N) is 1. The Labute approximate surface area is 197 Å². The van der Waals surface area contributed by atoms with E-state index in [1.165, 1.54) is 60.7 Å². The number of carbonyl (C=O) groups excluding carboxylic acids is 1. The van der Waals surface area contributed by atoms with E-state index in [0.717, 1.165) is 12.1 Å². The molecule has 13 heteroatoms. The van der Waals surface area contributed by atoms with Crippen LogP contribution in [0.5, 0.6) is 0 Å². The van der Waals surface area contributed by atoms with Gasteiger partial charge < -0.3 is 4.52 Å². The maximum Gasteiger partial charge on any atom is 0.269 e. The van der Waals surface area contributed by atoms with Gasteiger partial charge in [-0.3, -0.25) is 30.3 Å². The zero-order chi connectivity index (χ0) is 25.2. The fraction of sp³-hybridized carbons (Fsp3) is 0. The third-order valence-electron chi connectivity index (χ3n) is 4.89. The molecule has 12 nitrogen and oxygen atoms in total. The molecule has 0 atom stereocenters. The van der Waals surface area contributed by atoms with Crippen LogP contribution in [-0.2, 0) is 9.84 Å². The second-order valence-corrected chi connectivity index (χ2v) is 8.95. The molecule has 3 aromatic carbocycles. The molecule has 0 saturated heterocycles. The summed E-state index contributed by atoms with van der Waals surface area (Å²) in [4.78, 5) is 32.8. The van der Waals surface area contributed by atoms with Gasteiger partial charge in [-0.15, -0.1) is 0 Å². The highest BCUT2D eigenvalue weighted by Crippen LogP contribution is 2.37. The van der Waals surface area contributed by atoms with E-state index in [1.807, 2.05) is 0 Å². The van der Waals surface area contributed by atoms with Crippen LogP contribution >= 0.6 is 0 Å². The van der Waals surface area contributed by atoms with E-state index in [-0.39, 0.29) is 33.1 Å². The SMILES string of the molecule is O=C(Nc1onc(-c2ccc([N+](=O)[O-])cc2)c1S(=O)(=O)c1ccccc1)c1ccc([N+](=O)[O-])cc1. The van der Waals surface area contributed by atoms with E-state index in [2.05, 4.69) is 10.5 Å². The van der Waals surface area contributed by atoms with Crippen molar-refractivity contribution in [3.05, 3.63) is 105 Å². The highest BCUT2D eigenvalue weighted by molar-refractivity contribution is 7.91. The van der Waals surface area contributed by atoms with Gasteiger partial charge >= 0.3 is 0 Å². The van der Waals surface area contributed by atoms with E-state index in [1.54, 1.807) is 6.07 Å². The fourth-order valence-electron chi connectivity index (χ4n) is 3.16. The van der Waals surface area contributed by atoms with Gasteiger partial charge in [-0.25, -0.2) is 8.42 Å². The van der Waals surface area contributed by atoms with Crippen LogP contribution < -0.4 is 5.32 Å². The number of hydrogen-bond donors (Lipinski definition) is 1. The maximum atomic E-state index is 13.5. The number of amides is 1. The molecular weight excluding hydrogens is 480 g/mol. The molecule has 0 aliphatic heterocycles. The Morgan fingerprint density at radius 2 is 1.37 bits per heavy atom. The molecule has 0 bridgehead atoms. The molecule has 176 valence electrons. The van der Waals surface area contributed by atoms with Gasteiger partial charge in [0.15, 0.2) is 4.90 Å². The first-order chi connectivity index (χ1) is 16.7. The first kappa shape index (κ1) is 23.3. The van der Waals surface area contributed by atoms with E-state index < -0.39 is 36.4 Å². The van der Waals surface area contributed by atoms with Crippen molar-refractivity contribution in [2.24, 2.45) is 0 Å². The van der Waals surface area contributed by atoms with Crippen molar-refractivity contribution >= 4 is 33.0 Å². The Morgan fingerprint density at radius 3 is 1.91 bits per heavy atom. The average molecular weight is 494 g/mol. The molecule has 1 amide bonds. The Bertz CT molecular complexity index is 1530. The number of rotatable bonds is 7. The van der Waals surface area contributed by atoms with Crippen LogP contribution in [0.4, 0.5) is 17.3 Å². The number of aromatic nitrogens is 1. The van der Waals surface area contributed by atoms with E-state index in [4.69, 9.17) is 4.52 Å². The van der Waals surface area contributed by atoms with E-state index in [9.17, 15) is 33.4 Å². The van der Waals surface area contributed by atoms with Crippen LogP contribution in [-0.4, -0.2) is 29.3 Å². The van der Waals surface area contributed by atoms with Gasteiger partial charge in [0.1, 0.15) is 5.69 Å². The molecule has 0 fully saturated rings. The molecule has 4 rings (SSSR count). The molecule has 1 aromatic heterocycles. The maximum absolute atomic E-state index is 13.5. The monoisotopic (exact) mass is 494 g/mol. The summed E-state index contributed by atoms with van der Waals surface area (Å²) in [5.41, 5.74) is -0.398. The normalized spacial score (nSPS) is 11.1. The first-order valence-corrected chi connectivity index (χ1v) is 11.3. The second kappa shape index (κ2) is 9.15. The predicted molar refractivity (Wildman–Crippen MR) is 122 cm³/mol. The number of sulfone groups is 1. The van der Waals surface area contributed by atoms with Gasteiger partial charge in [0.2, 0.25) is 9.84 Å². The summed E-state index contributed by atoms with van der Waals surface area (Å²) in [6, 6.07) is 17.0. The number of nitro groups is 2. The number of nitro benzene ring substituents is 2. The third-order valence-corrected chi connectivity index (χ3v) is 6.70. The van der Waals surface area contributed by atoms with Crippen molar-refractivity contribution in [1.29, 1.82) is 0 Å². The van der Waals surface area contributed by atoms with Crippen molar-refractivity contribution in [2.75, 3.05) is 5.32 Å². The number of benzene rings is 3.